The number of fused-ring (bicyclic) bond motifs is 1. The molecule has 12 heteroatoms. The first-order chi connectivity index (χ1) is 20.0. The third kappa shape index (κ3) is 15.6. The van der Waals surface area contributed by atoms with Gasteiger partial charge in [0.2, 0.25) is 0 Å². The SMILES string of the molecule is CC(C)C[Si](C)(C)C#CCCCCCCCCCCOCCCOP(=O)(O)CO[C@H](C)Cn1cnc2c(N)ncnc21. The second-order valence-corrected chi connectivity index (χ2v) is 18.5. The number of unbranched alkanes of at least 4 members (excludes halogenated alkanes) is 8. The molecule has 2 rings (SSSR count). The smallest absolute Gasteiger partial charge is 0.353 e. The van der Waals surface area contributed by atoms with Crippen LogP contribution in [0.1, 0.15) is 85.0 Å². The fraction of sp³-hybridized carbons (Fsp3) is 0.767. The molecule has 2 heterocycles. The lowest BCUT2D eigenvalue weighted by atomic mass is 10.1. The van der Waals surface area contributed by atoms with Crippen LogP contribution in [0.25, 0.3) is 11.2 Å². The molecule has 238 valence electrons. The third-order valence-corrected chi connectivity index (χ3v) is 10.6. The predicted molar refractivity (Wildman–Crippen MR) is 173 cm³/mol. The molecule has 0 saturated carbocycles. The zero-order valence-electron chi connectivity index (χ0n) is 26.5. The molecule has 0 aliphatic carbocycles. The van der Waals surface area contributed by atoms with E-state index in [1.165, 1.54) is 57.3 Å². The molecule has 0 aromatic carbocycles. The minimum Gasteiger partial charge on any atom is -0.382 e. The van der Waals surface area contributed by atoms with Gasteiger partial charge in [0.1, 0.15) is 26.3 Å². The Bertz CT molecular complexity index is 1150. The van der Waals surface area contributed by atoms with Gasteiger partial charge in [0, 0.05) is 19.6 Å². The number of ether oxygens (including phenoxy) is 2. The summed E-state index contributed by atoms with van der Waals surface area (Å²) in [6.07, 6.45) is 13.7. The van der Waals surface area contributed by atoms with Crippen molar-refractivity contribution in [1.29, 1.82) is 0 Å². The van der Waals surface area contributed by atoms with Gasteiger partial charge in [-0.3, -0.25) is 4.57 Å². The van der Waals surface area contributed by atoms with Crippen molar-refractivity contribution in [2.24, 2.45) is 5.92 Å². The minimum atomic E-state index is -3.85. The Balaban J connectivity index is 1.40. The second-order valence-electron chi connectivity index (χ2n) is 12.2. The van der Waals surface area contributed by atoms with Crippen molar-refractivity contribution in [3.63, 3.8) is 0 Å². The van der Waals surface area contributed by atoms with E-state index in [2.05, 4.69) is 53.4 Å². The van der Waals surface area contributed by atoms with Crippen molar-refractivity contribution >= 4 is 32.7 Å². The monoisotopic (exact) mass is 623 g/mol. The van der Waals surface area contributed by atoms with E-state index in [9.17, 15) is 9.46 Å². The molecule has 0 amide bonds. The summed E-state index contributed by atoms with van der Waals surface area (Å²) in [4.78, 5) is 22.4. The van der Waals surface area contributed by atoms with Gasteiger partial charge in [-0.2, -0.15) is 0 Å². The molecular formula is C30H54N5O5PSi. The van der Waals surface area contributed by atoms with Gasteiger partial charge in [0.15, 0.2) is 11.5 Å². The molecule has 10 nitrogen and oxygen atoms in total. The molecule has 0 aliphatic heterocycles. The molecule has 0 saturated heterocycles. The van der Waals surface area contributed by atoms with E-state index >= 15 is 0 Å². The summed E-state index contributed by atoms with van der Waals surface area (Å²) in [5, 5.41) is 0. The number of rotatable bonds is 22. The number of aromatic nitrogens is 4. The first-order valence-electron chi connectivity index (χ1n) is 15.6. The zero-order chi connectivity index (χ0) is 30.8. The van der Waals surface area contributed by atoms with Gasteiger partial charge in [-0.05, 0) is 38.1 Å². The topological polar surface area (TPSA) is 135 Å². The van der Waals surface area contributed by atoms with Gasteiger partial charge >= 0.3 is 7.60 Å². The number of nitrogens with two attached hydrogens (primary N) is 1. The molecule has 42 heavy (non-hydrogen) atoms. The van der Waals surface area contributed by atoms with E-state index in [0.717, 1.165) is 18.8 Å². The highest BCUT2D eigenvalue weighted by molar-refractivity contribution is 7.52. The van der Waals surface area contributed by atoms with Gasteiger partial charge in [0.05, 0.1) is 25.6 Å². The summed E-state index contributed by atoms with van der Waals surface area (Å²) in [6.45, 7) is 12.9. The Kier molecular flexibility index (Phi) is 16.9. The average Bonchev–Trinajstić information content (AvgIpc) is 3.32. The van der Waals surface area contributed by atoms with E-state index < -0.39 is 15.7 Å². The summed E-state index contributed by atoms with van der Waals surface area (Å²) < 4.78 is 30.5. The lowest BCUT2D eigenvalue weighted by Gasteiger charge is -2.17. The van der Waals surface area contributed by atoms with E-state index in [0.29, 0.717) is 43.2 Å². The summed E-state index contributed by atoms with van der Waals surface area (Å²) >= 11 is 0. The molecule has 2 aromatic rings. The Morgan fingerprint density at radius 2 is 1.64 bits per heavy atom. The predicted octanol–water partition coefficient (Wildman–Crippen LogP) is 6.80. The van der Waals surface area contributed by atoms with Gasteiger partial charge in [-0.25, -0.2) is 15.0 Å². The van der Waals surface area contributed by atoms with Crippen molar-refractivity contribution in [2.75, 3.05) is 31.9 Å². The van der Waals surface area contributed by atoms with Crippen LogP contribution in [-0.4, -0.2) is 64.8 Å². The van der Waals surface area contributed by atoms with Crippen molar-refractivity contribution in [1.82, 2.24) is 19.5 Å². The van der Waals surface area contributed by atoms with Crippen LogP contribution in [0.3, 0.4) is 0 Å². The highest BCUT2D eigenvalue weighted by atomic mass is 31.2. The van der Waals surface area contributed by atoms with Crippen LogP contribution in [0.4, 0.5) is 5.82 Å². The number of hydrogen-bond acceptors (Lipinski definition) is 8. The normalized spacial score (nSPS) is 14.2. The highest BCUT2D eigenvalue weighted by Gasteiger charge is 2.22. The minimum absolute atomic E-state index is 0.150. The van der Waals surface area contributed by atoms with Gasteiger partial charge in [-0.15, -0.1) is 11.5 Å². The molecule has 1 unspecified atom stereocenters. The molecule has 2 atom stereocenters. The lowest BCUT2D eigenvalue weighted by molar-refractivity contribution is 0.0688. The van der Waals surface area contributed by atoms with Gasteiger partial charge in [0.25, 0.3) is 0 Å². The summed E-state index contributed by atoms with van der Waals surface area (Å²) in [5.41, 5.74) is 10.5. The first-order valence-corrected chi connectivity index (χ1v) is 20.5. The summed E-state index contributed by atoms with van der Waals surface area (Å²) in [7, 11) is -5.16. The molecular weight excluding hydrogens is 569 g/mol. The third-order valence-electron chi connectivity index (χ3n) is 6.82. The Hall–Kier alpha value is -1.80. The fourth-order valence-corrected chi connectivity index (χ4v) is 8.62. The number of nitrogens with zero attached hydrogens (tertiary/aromatic N) is 4. The van der Waals surface area contributed by atoms with E-state index in [-0.39, 0.29) is 19.1 Å². The van der Waals surface area contributed by atoms with Crippen LogP contribution < -0.4 is 5.73 Å². The van der Waals surface area contributed by atoms with Crippen LogP contribution in [0.15, 0.2) is 12.7 Å². The van der Waals surface area contributed by atoms with Crippen molar-refractivity contribution in [3.05, 3.63) is 12.7 Å². The quantitative estimate of drug-likeness (QED) is 0.0628. The second kappa shape index (κ2) is 19.5. The molecule has 0 radical (unpaired) electrons. The number of anilines is 1. The molecule has 3 N–H and O–H groups in total. The van der Waals surface area contributed by atoms with Gasteiger partial charge < -0.3 is 29.2 Å². The largest absolute Gasteiger partial charge is 0.382 e. The van der Waals surface area contributed by atoms with Crippen molar-refractivity contribution < 1.29 is 23.5 Å². The molecule has 0 bridgehead atoms. The Morgan fingerprint density at radius 3 is 2.36 bits per heavy atom. The van der Waals surface area contributed by atoms with Crippen LogP contribution in [0, 0.1) is 17.4 Å². The van der Waals surface area contributed by atoms with Crippen LogP contribution in [-0.2, 0) is 25.1 Å². The number of imidazole rings is 1. The van der Waals surface area contributed by atoms with Gasteiger partial charge in [-0.1, -0.05) is 65.5 Å². The fourth-order valence-electron chi connectivity index (χ4n) is 4.94. The lowest BCUT2D eigenvalue weighted by Crippen LogP contribution is -2.25. The standard InChI is InChI=1S/C30H54N5O5PSi/c1-26(2)22-42(4,5)20-15-13-11-9-7-6-8-10-12-14-17-38-18-16-19-40-41(36,37)25-39-27(3)21-35-24-34-28-29(31)32-23-33-30(28)35/h23-24,26-27H,6-14,16-19,21-22,25H2,1-5H3,(H,36,37)(H2,31,32,33)/t27-/m1/s1. The van der Waals surface area contributed by atoms with E-state index in [1.54, 1.807) is 17.8 Å². The van der Waals surface area contributed by atoms with Crippen molar-refractivity contribution in [2.45, 2.75) is 117 Å². The maximum absolute atomic E-state index is 12.3. The Morgan fingerprint density at radius 1 is 0.976 bits per heavy atom. The van der Waals surface area contributed by atoms with Crippen LogP contribution >= 0.6 is 7.60 Å². The molecule has 0 spiro atoms. The van der Waals surface area contributed by atoms with Crippen LogP contribution in [0.2, 0.25) is 19.1 Å². The molecule has 2 aromatic heterocycles. The van der Waals surface area contributed by atoms with Crippen LogP contribution in [0.5, 0.6) is 0 Å². The summed E-state index contributed by atoms with van der Waals surface area (Å²) in [5.74, 6) is 4.51. The summed E-state index contributed by atoms with van der Waals surface area (Å²) in [6, 6.07) is 1.30. The first kappa shape index (κ1) is 36.4. The van der Waals surface area contributed by atoms with Crippen molar-refractivity contribution in [3.8, 4) is 11.5 Å². The maximum atomic E-state index is 12.3. The van der Waals surface area contributed by atoms with E-state index in [1.807, 2.05) is 0 Å². The highest BCUT2D eigenvalue weighted by Crippen LogP contribution is 2.42. The maximum Gasteiger partial charge on any atom is 0.353 e. The Labute approximate surface area is 254 Å². The average molecular weight is 624 g/mol. The molecule has 0 aliphatic rings. The van der Waals surface area contributed by atoms with E-state index in [4.69, 9.17) is 19.7 Å². The number of hydrogen-bond donors (Lipinski definition) is 2. The zero-order valence-corrected chi connectivity index (χ0v) is 28.4. The number of nitrogen functional groups attached to an aromatic ring is 1. The molecule has 0 fully saturated rings.